The minimum atomic E-state index is -0.473. The SMILES string of the molecule is COC(=O)CO[C@@H]1CO[C@H]2[C@@H]1OC[C@@H]2NC(=O)c1cc(OC)c(OC)c(OC)c1. The van der Waals surface area contributed by atoms with E-state index in [0.717, 1.165) is 0 Å². The van der Waals surface area contributed by atoms with Crippen molar-refractivity contribution in [1.82, 2.24) is 5.32 Å². The Hall–Kier alpha value is -2.56. The molecular weight excluding hydrogens is 386 g/mol. The predicted molar refractivity (Wildman–Crippen MR) is 98.6 cm³/mol. The molecule has 10 heteroatoms. The summed E-state index contributed by atoms with van der Waals surface area (Å²) in [6.07, 6.45) is -1.14. The van der Waals surface area contributed by atoms with Gasteiger partial charge in [-0.25, -0.2) is 4.79 Å². The summed E-state index contributed by atoms with van der Waals surface area (Å²) in [4.78, 5) is 24.1. The van der Waals surface area contributed by atoms with E-state index in [-0.39, 0.29) is 44.0 Å². The van der Waals surface area contributed by atoms with Gasteiger partial charge < -0.3 is 38.5 Å². The third kappa shape index (κ3) is 4.39. The highest BCUT2D eigenvalue weighted by atomic mass is 16.6. The van der Waals surface area contributed by atoms with Gasteiger partial charge in [0.25, 0.3) is 5.91 Å². The van der Waals surface area contributed by atoms with Crippen LogP contribution in [0.1, 0.15) is 10.4 Å². The minimum Gasteiger partial charge on any atom is -0.493 e. The van der Waals surface area contributed by atoms with Gasteiger partial charge in [0.05, 0.1) is 47.7 Å². The summed E-state index contributed by atoms with van der Waals surface area (Å²) in [7, 11) is 5.75. The third-order valence-corrected chi connectivity index (χ3v) is 4.89. The molecule has 2 saturated heterocycles. The minimum absolute atomic E-state index is 0.181. The molecule has 0 saturated carbocycles. The second-order valence-corrected chi connectivity index (χ2v) is 6.52. The lowest BCUT2D eigenvalue weighted by Gasteiger charge is -2.19. The number of carbonyl (C=O) groups is 2. The topological polar surface area (TPSA) is 111 Å². The van der Waals surface area contributed by atoms with Crippen LogP contribution in [0.15, 0.2) is 12.1 Å². The highest BCUT2D eigenvalue weighted by molar-refractivity contribution is 5.96. The highest BCUT2D eigenvalue weighted by Crippen LogP contribution is 2.38. The van der Waals surface area contributed by atoms with E-state index in [1.54, 1.807) is 12.1 Å². The number of amides is 1. The van der Waals surface area contributed by atoms with E-state index in [4.69, 9.17) is 28.4 Å². The smallest absolute Gasteiger partial charge is 0.331 e. The van der Waals surface area contributed by atoms with E-state index in [0.29, 0.717) is 22.8 Å². The number of esters is 1. The second kappa shape index (κ2) is 9.29. The molecule has 2 aliphatic rings. The van der Waals surface area contributed by atoms with Crippen LogP contribution in [0.5, 0.6) is 17.2 Å². The highest BCUT2D eigenvalue weighted by Gasteiger charge is 2.49. The van der Waals surface area contributed by atoms with Gasteiger partial charge in [0, 0.05) is 5.56 Å². The van der Waals surface area contributed by atoms with Gasteiger partial charge >= 0.3 is 5.97 Å². The van der Waals surface area contributed by atoms with Crippen LogP contribution in [-0.2, 0) is 23.7 Å². The predicted octanol–water partition coefficient (Wildman–Crippen LogP) is 0.167. The van der Waals surface area contributed by atoms with E-state index < -0.39 is 12.1 Å². The number of nitrogens with one attached hydrogen (secondary N) is 1. The maximum Gasteiger partial charge on any atom is 0.331 e. The Labute approximate surface area is 168 Å². The van der Waals surface area contributed by atoms with Gasteiger partial charge in [-0.05, 0) is 12.1 Å². The fraction of sp³-hybridized carbons (Fsp3) is 0.579. The fourth-order valence-corrected chi connectivity index (χ4v) is 3.43. The summed E-state index contributed by atoms with van der Waals surface area (Å²) in [5, 5.41) is 2.92. The molecule has 4 atom stereocenters. The lowest BCUT2D eigenvalue weighted by Crippen LogP contribution is -2.44. The summed E-state index contributed by atoms with van der Waals surface area (Å²) in [6, 6.07) is 2.78. The monoisotopic (exact) mass is 411 g/mol. The first-order valence-corrected chi connectivity index (χ1v) is 9.04. The van der Waals surface area contributed by atoms with Gasteiger partial charge in [-0.1, -0.05) is 0 Å². The van der Waals surface area contributed by atoms with Gasteiger partial charge in [0.15, 0.2) is 11.5 Å². The van der Waals surface area contributed by atoms with Crippen molar-refractivity contribution in [1.29, 1.82) is 0 Å². The molecule has 3 rings (SSSR count). The Balaban J connectivity index is 1.66. The van der Waals surface area contributed by atoms with E-state index >= 15 is 0 Å². The molecule has 2 aliphatic heterocycles. The maximum absolute atomic E-state index is 12.8. The van der Waals surface area contributed by atoms with E-state index in [1.807, 2.05) is 0 Å². The van der Waals surface area contributed by atoms with Crippen molar-refractivity contribution >= 4 is 11.9 Å². The molecule has 2 fully saturated rings. The molecule has 0 aliphatic carbocycles. The van der Waals surface area contributed by atoms with Crippen LogP contribution in [0.2, 0.25) is 0 Å². The fourth-order valence-electron chi connectivity index (χ4n) is 3.43. The van der Waals surface area contributed by atoms with Crippen LogP contribution >= 0.6 is 0 Å². The zero-order chi connectivity index (χ0) is 21.0. The lowest BCUT2D eigenvalue weighted by molar-refractivity contribution is -0.150. The normalized spacial score (nSPS) is 25.2. The number of hydrogen-bond acceptors (Lipinski definition) is 9. The Kier molecular flexibility index (Phi) is 6.78. The molecule has 0 bridgehead atoms. The molecule has 1 amide bonds. The number of ether oxygens (including phenoxy) is 7. The third-order valence-electron chi connectivity index (χ3n) is 4.89. The van der Waals surface area contributed by atoms with Gasteiger partial charge in [-0.2, -0.15) is 0 Å². The first kappa shape index (κ1) is 21.2. The van der Waals surface area contributed by atoms with Crippen molar-refractivity contribution in [2.75, 3.05) is 48.3 Å². The molecule has 0 aromatic heterocycles. The van der Waals surface area contributed by atoms with Crippen LogP contribution in [0.4, 0.5) is 0 Å². The molecule has 2 heterocycles. The molecule has 0 spiro atoms. The molecule has 0 unspecified atom stereocenters. The molecule has 0 radical (unpaired) electrons. The summed E-state index contributed by atoms with van der Waals surface area (Å²) in [5.41, 5.74) is 0.347. The summed E-state index contributed by atoms with van der Waals surface area (Å²) in [6.45, 7) is 0.353. The average molecular weight is 411 g/mol. The first-order valence-electron chi connectivity index (χ1n) is 9.04. The van der Waals surface area contributed by atoms with E-state index in [9.17, 15) is 9.59 Å². The van der Waals surface area contributed by atoms with Gasteiger partial charge in [0.1, 0.15) is 24.9 Å². The summed E-state index contributed by atoms with van der Waals surface area (Å²) in [5.74, 6) is 0.358. The summed E-state index contributed by atoms with van der Waals surface area (Å²) >= 11 is 0. The average Bonchev–Trinajstić information content (AvgIpc) is 3.33. The Morgan fingerprint density at radius 3 is 2.24 bits per heavy atom. The molecule has 1 aromatic rings. The molecule has 160 valence electrons. The number of fused-ring (bicyclic) bond motifs is 1. The quantitative estimate of drug-likeness (QED) is 0.598. The standard InChI is InChI=1S/C19H25NO9/c1-23-12-5-10(6-13(24-2)17(12)26-4)19(22)20-11-7-28-18-14(8-29-16(11)18)27-9-15(21)25-3/h5-6,11,14,16,18H,7-9H2,1-4H3,(H,20,22)/t11-,14+,16+,18+/m0/s1. The second-order valence-electron chi connectivity index (χ2n) is 6.52. The zero-order valence-electron chi connectivity index (χ0n) is 16.8. The molecule has 1 N–H and O–H groups in total. The van der Waals surface area contributed by atoms with Crippen LogP contribution in [0.25, 0.3) is 0 Å². The molecule has 10 nitrogen and oxygen atoms in total. The maximum atomic E-state index is 12.8. The number of benzene rings is 1. The van der Waals surface area contributed by atoms with Crippen LogP contribution < -0.4 is 19.5 Å². The van der Waals surface area contributed by atoms with Gasteiger partial charge in [0.2, 0.25) is 5.75 Å². The van der Waals surface area contributed by atoms with Crippen LogP contribution in [0, 0.1) is 0 Å². The lowest BCUT2D eigenvalue weighted by atomic mass is 10.1. The Morgan fingerprint density at radius 1 is 1.00 bits per heavy atom. The van der Waals surface area contributed by atoms with Crippen molar-refractivity contribution in [3.8, 4) is 17.2 Å². The Bertz CT molecular complexity index is 728. The number of carbonyl (C=O) groups excluding carboxylic acids is 2. The Morgan fingerprint density at radius 2 is 1.66 bits per heavy atom. The molecular formula is C19H25NO9. The zero-order valence-corrected chi connectivity index (χ0v) is 16.8. The summed E-state index contributed by atoms with van der Waals surface area (Å²) < 4.78 is 37.4. The van der Waals surface area contributed by atoms with Gasteiger partial charge in [-0.3, -0.25) is 4.79 Å². The van der Waals surface area contributed by atoms with Crippen LogP contribution in [0.3, 0.4) is 0 Å². The number of rotatable bonds is 8. The number of hydrogen-bond donors (Lipinski definition) is 1. The van der Waals surface area contributed by atoms with E-state index in [2.05, 4.69) is 10.1 Å². The first-order chi connectivity index (χ1) is 14.0. The van der Waals surface area contributed by atoms with Crippen molar-refractivity contribution in [3.63, 3.8) is 0 Å². The molecule has 29 heavy (non-hydrogen) atoms. The van der Waals surface area contributed by atoms with Crippen molar-refractivity contribution in [2.45, 2.75) is 24.4 Å². The van der Waals surface area contributed by atoms with Crippen LogP contribution in [-0.4, -0.2) is 84.5 Å². The largest absolute Gasteiger partial charge is 0.493 e. The molecule has 1 aromatic carbocycles. The number of methoxy groups -OCH3 is 4. The van der Waals surface area contributed by atoms with Crippen molar-refractivity contribution in [2.24, 2.45) is 0 Å². The van der Waals surface area contributed by atoms with Crippen molar-refractivity contribution < 1.29 is 42.7 Å². The van der Waals surface area contributed by atoms with Crippen molar-refractivity contribution in [3.05, 3.63) is 17.7 Å². The van der Waals surface area contributed by atoms with Gasteiger partial charge in [-0.15, -0.1) is 0 Å². The van der Waals surface area contributed by atoms with E-state index in [1.165, 1.54) is 28.4 Å².